The zero-order valence-corrected chi connectivity index (χ0v) is 12.7. The van der Waals surface area contributed by atoms with E-state index in [-0.39, 0.29) is 11.7 Å². The van der Waals surface area contributed by atoms with Gasteiger partial charge in [-0.3, -0.25) is 0 Å². The van der Waals surface area contributed by atoms with Crippen LogP contribution in [0.25, 0.3) is 0 Å². The molecule has 1 aliphatic heterocycles. The first kappa shape index (κ1) is 16.0. The van der Waals surface area contributed by atoms with Crippen LogP contribution in [0.1, 0.15) is 47.0 Å². The number of carbonyl (C=O) groups excluding carboxylic acids is 1. The first-order valence-corrected chi connectivity index (χ1v) is 7.05. The zero-order valence-electron chi connectivity index (χ0n) is 12.7. The van der Waals surface area contributed by atoms with E-state index in [0.29, 0.717) is 13.2 Å². The first-order valence-electron chi connectivity index (χ1n) is 7.05. The Balaban J connectivity index is 2.66. The lowest BCUT2D eigenvalue weighted by Gasteiger charge is -2.42. The average Bonchev–Trinajstić information content (AvgIpc) is 2.34. The minimum atomic E-state index is -0.453. The second-order valence-electron chi connectivity index (χ2n) is 6.14. The molecule has 4 heteroatoms. The highest BCUT2D eigenvalue weighted by atomic mass is 16.6. The molecule has 0 spiro atoms. The van der Waals surface area contributed by atoms with Gasteiger partial charge in [-0.15, -0.1) is 6.58 Å². The summed E-state index contributed by atoms with van der Waals surface area (Å²) in [5, 5.41) is 0. The molecule has 1 saturated heterocycles. The molecule has 1 amide bonds. The van der Waals surface area contributed by atoms with E-state index >= 15 is 0 Å². The highest BCUT2D eigenvalue weighted by Crippen LogP contribution is 2.29. The number of rotatable bonds is 4. The summed E-state index contributed by atoms with van der Waals surface area (Å²) >= 11 is 0. The largest absolute Gasteiger partial charge is 0.444 e. The van der Waals surface area contributed by atoms with Crippen molar-refractivity contribution in [2.24, 2.45) is 0 Å². The van der Waals surface area contributed by atoms with Crippen molar-refractivity contribution in [3.05, 3.63) is 12.7 Å². The van der Waals surface area contributed by atoms with Gasteiger partial charge in [-0.05, 0) is 40.0 Å². The van der Waals surface area contributed by atoms with E-state index in [9.17, 15) is 4.79 Å². The van der Waals surface area contributed by atoms with Gasteiger partial charge in [0, 0.05) is 6.54 Å². The summed E-state index contributed by atoms with van der Waals surface area (Å²) in [6.45, 7) is 13.3. The Bertz CT molecular complexity index is 322. The van der Waals surface area contributed by atoms with Crippen LogP contribution in [-0.2, 0) is 9.47 Å². The summed E-state index contributed by atoms with van der Waals surface area (Å²) in [7, 11) is 0. The fraction of sp³-hybridized carbons (Fsp3) is 0.800. The van der Waals surface area contributed by atoms with Crippen LogP contribution in [0, 0.1) is 0 Å². The quantitative estimate of drug-likeness (QED) is 0.734. The lowest BCUT2D eigenvalue weighted by atomic mass is 9.90. The number of amides is 1. The minimum Gasteiger partial charge on any atom is -0.444 e. The van der Waals surface area contributed by atoms with Crippen molar-refractivity contribution in [1.29, 1.82) is 0 Å². The third-order valence-electron chi connectivity index (χ3n) is 3.34. The predicted octanol–water partition coefficient (Wildman–Crippen LogP) is 3.37. The molecule has 1 heterocycles. The maximum atomic E-state index is 12.1. The lowest BCUT2D eigenvalue weighted by molar-refractivity contribution is -0.0836. The van der Waals surface area contributed by atoms with Gasteiger partial charge < -0.3 is 14.4 Å². The van der Waals surface area contributed by atoms with E-state index in [4.69, 9.17) is 9.47 Å². The van der Waals surface area contributed by atoms with Crippen LogP contribution in [0.5, 0.6) is 0 Å². The SMILES string of the molecule is C=CCOC1(CC)CCCN(C(=O)OC(C)(C)C)C1. The van der Waals surface area contributed by atoms with Crippen molar-refractivity contribution in [2.75, 3.05) is 19.7 Å². The van der Waals surface area contributed by atoms with E-state index in [1.165, 1.54) is 0 Å². The topological polar surface area (TPSA) is 38.8 Å². The zero-order chi connectivity index (χ0) is 14.5. The highest BCUT2D eigenvalue weighted by molar-refractivity contribution is 5.68. The number of nitrogens with zero attached hydrogens (tertiary/aromatic N) is 1. The van der Waals surface area contributed by atoms with E-state index in [1.807, 2.05) is 20.8 Å². The van der Waals surface area contributed by atoms with Gasteiger partial charge in [-0.1, -0.05) is 13.0 Å². The molecule has 110 valence electrons. The summed E-state index contributed by atoms with van der Waals surface area (Å²) in [6.07, 6.45) is 4.33. The molecule has 1 atom stereocenters. The molecule has 1 aliphatic rings. The minimum absolute atomic E-state index is 0.243. The van der Waals surface area contributed by atoms with Gasteiger partial charge in [0.1, 0.15) is 5.60 Å². The smallest absolute Gasteiger partial charge is 0.410 e. The Morgan fingerprint density at radius 1 is 1.47 bits per heavy atom. The van der Waals surface area contributed by atoms with Gasteiger partial charge in [0.05, 0.1) is 18.8 Å². The predicted molar refractivity (Wildman–Crippen MR) is 76.2 cm³/mol. The number of likely N-dealkylation sites (tertiary alicyclic amines) is 1. The standard InChI is InChI=1S/C15H27NO3/c1-6-11-18-15(7-2)9-8-10-16(12-15)13(17)19-14(3,4)5/h6H,1,7-12H2,2-5H3. The summed E-state index contributed by atoms with van der Waals surface area (Å²) in [4.78, 5) is 13.9. The third kappa shape index (κ3) is 4.86. The molecule has 0 radical (unpaired) electrons. The Labute approximate surface area is 116 Å². The molecule has 0 bridgehead atoms. The molecule has 1 rings (SSSR count). The van der Waals surface area contributed by atoms with Gasteiger partial charge in [-0.25, -0.2) is 4.79 Å². The van der Waals surface area contributed by atoms with Gasteiger partial charge in [0.15, 0.2) is 0 Å². The molecule has 0 aromatic carbocycles. The van der Waals surface area contributed by atoms with Crippen LogP contribution in [0.4, 0.5) is 4.79 Å². The molecule has 0 N–H and O–H groups in total. The monoisotopic (exact) mass is 269 g/mol. The molecular weight excluding hydrogens is 242 g/mol. The Kier molecular flexibility index (Phi) is 5.41. The number of piperidine rings is 1. The van der Waals surface area contributed by atoms with Crippen molar-refractivity contribution in [1.82, 2.24) is 4.90 Å². The van der Waals surface area contributed by atoms with Crippen molar-refractivity contribution in [3.63, 3.8) is 0 Å². The fourth-order valence-electron chi connectivity index (χ4n) is 2.32. The van der Waals surface area contributed by atoms with E-state index in [1.54, 1.807) is 11.0 Å². The highest BCUT2D eigenvalue weighted by Gasteiger charge is 2.37. The molecule has 0 saturated carbocycles. The Hall–Kier alpha value is -1.03. The molecule has 1 unspecified atom stereocenters. The van der Waals surface area contributed by atoms with E-state index in [0.717, 1.165) is 25.8 Å². The van der Waals surface area contributed by atoms with Crippen molar-refractivity contribution >= 4 is 6.09 Å². The second kappa shape index (κ2) is 6.42. The fourth-order valence-corrected chi connectivity index (χ4v) is 2.32. The van der Waals surface area contributed by atoms with Crippen LogP contribution >= 0.6 is 0 Å². The Morgan fingerprint density at radius 3 is 2.68 bits per heavy atom. The van der Waals surface area contributed by atoms with Crippen LogP contribution < -0.4 is 0 Å². The lowest BCUT2D eigenvalue weighted by Crippen LogP contribution is -2.52. The second-order valence-corrected chi connectivity index (χ2v) is 6.14. The molecule has 0 aromatic rings. The average molecular weight is 269 g/mol. The Morgan fingerprint density at radius 2 is 2.16 bits per heavy atom. The molecular formula is C15H27NO3. The molecule has 0 aromatic heterocycles. The number of carbonyl (C=O) groups is 1. The van der Waals surface area contributed by atoms with Crippen LogP contribution in [-0.4, -0.2) is 41.9 Å². The maximum absolute atomic E-state index is 12.1. The summed E-state index contributed by atoms with van der Waals surface area (Å²) in [6, 6.07) is 0. The van der Waals surface area contributed by atoms with Crippen molar-refractivity contribution in [2.45, 2.75) is 58.2 Å². The maximum Gasteiger partial charge on any atom is 0.410 e. The summed E-state index contributed by atoms with van der Waals surface area (Å²) in [5.41, 5.74) is -0.700. The van der Waals surface area contributed by atoms with Gasteiger partial charge in [0.2, 0.25) is 0 Å². The molecule has 1 fully saturated rings. The number of hydrogen-bond donors (Lipinski definition) is 0. The third-order valence-corrected chi connectivity index (χ3v) is 3.34. The van der Waals surface area contributed by atoms with Gasteiger partial charge >= 0.3 is 6.09 Å². The van der Waals surface area contributed by atoms with Crippen LogP contribution in [0.3, 0.4) is 0 Å². The summed E-state index contributed by atoms with van der Waals surface area (Å²) < 4.78 is 11.3. The molecule has 4 nitrogen and oxygen atoms in total. The molecule has 19 heavy (non-hydrogen) atoms. The molecule has 0 aliphatic carbocycles. The van der Waals surface area contributed by atoms with E-state index < -0.39 is 5.60 Å². The number of hydrogen-bond acceptors (Lipinski definition) is 3. The first-order chi connectivity index (χ1) is 8.82. The van der Waals surface area contributed by atoms with Gasteiger partial charge in [0.25, 0.3) is 0 Å². The number of ether oxygens (including phenoxy) is 2. The van der Waals surface area contributed by atoms with Crippen molar-refractivity contribution in [3.8, 4) is 0 Å². The van der Waals surface area contributed by atoms with E-state index in [2.05, 4.69) is 13.5 Å². The summed E-state index contributed by atoms with van der Waals surface area (Å²) in [5.74, 6) is 0. The van der Waals surface area contributed by atoms with Gasteiger partial charge in [-0.2, -0.15) is 0 Å². The van der Waals surface area contributed by atoms with Crippen LogP contribution in [0.15, 0.2) is 12.7 Å². The van der Waals surface area contributed by atoms with Crippen molar-refractivity contribution < 1.29 is 14.3 Å². The normalized spacial score (nSPS) is 24.1. The van der Waals surface area contributed by atoms with Crippen LogP contribution in [0.2, 0.25) is 0 Å².